The van der Waals surface area contributed by atoms with Crippen molar-refractivity contribution in [3.05, 3.63) is 29.3 Å². The van der Waals surface area contributed by atoms with Gasteiger partial charge in [0.2, 0.25) is 0 Å². The molecule has 1 fully saturated rings. The van der Waals surface area contributed by atoms with Crippen LogP contribution in [0.5, 0.6) is 5.75 Å². The van der Waals surface area contributed by atoms with Crippen LogP contribution in [0.1, 0.15) is 50.2 Å². The fourth-order valence-electron chi connectivity index (χ4n) is 3.99. The van der Waals surface area contributed by atoms with Gasteiger partial charge < -0.3 is 14.8 Å². The molecule has 0 bridgehead atoms. The molecule has 0 saturated heterocycles. The Labute approximate surface area is 157 Å². The van der Waals surface area contributed by atoms with Crippen molar-refractivity contribution in [2.24, 2.45) is 5.41 Å². The summed E-state index contributed by atoms with van der Waals surface area (Å²) in [6.07, 6.45) is 7.32. The third-order valence-corrected chi connectivity index (χ3v) is 5.70. The quantitative estimate of drug-likeness (QED) is 0.747. The number of esters is 1. The fraction of sp³-hybridized carbons (Fsp3) is 0.650. The van der Waals surface area contributed by atoms with Crippen molar-refractivity contribution in [2.45, 2.75) is 57.9 Å². The van der Waals surface area contributed by atoms with E-state index in [-0.39, 0.29) is 23.8 Å². The monoisotopic (exact) mass is 367 g/mol. The Balaban J connectivity index is 0.00000225. The molecular weight excluding hydrogens is 338 g/mol. The summed E-state index contributed by atoms with van der Waals surface area (Å²) < 4.78 is 10.6. The van der Waals surface area contributed by atoms with Crippen molar-refractivity contribution in [1.82, 2.24) is 5.32 Å². The molecule has 25 heavy (non-hydrogen) atoms. The molecule has 140 valence electrons. The number of fused-ring (bicyclic) bond motifs is 1. The van der Waals surface area contributed by atoms with Gasteiger partial charge in [0.25, 0.3) is 0 Å². The summed E-state index contributed by atoms with van der Waals surface area (Å²) in [6.45, 7) is 3.27. The van der Waals surface area contributed by atoms with Gasteiger partial charge in [-0.2, -0.15) is 0 Å². The first-order valence-corrected chi connectivity index (χ1v) is 9.23. The molecule has 0 amide bonds. The van der Waals surface area contributed by atoms with Gasteiger partial charge in [-0.05, 0) is 75.3 Å². The fourth-order valence-corrected chi connectivity index (χ4v) is 3.99. The molecule has 3 rings (SSSR count). The summed E-state index contributed by atoms with van der Waals surface area (Å²) in [5.74, 6) is 0.959. The minimum Gasteiger partial charge on any atom is -0.497 e. The summed E-state index contributed by atoms with van der Waals surface area (Å²) in [5, 5.41) is 3.67. The third kappa shape index (κ3) is 4.48. The van der Waals surface area contributed by atoms with Crippen molar-refractivity contribution >= 4 is 18.4 Å². The lowest BCUT2D eigenvalue weighted by Crippen LogP contribution is -2.43. The second-order valence-electron chi connectivity index (χ2n) is 7.13. The lowest BCUT2D eigenvalue weighted by molar-refractivity contribution is -0.161. The number of benzene rings is 1. The van der Waals surface area contributed by atoms with Crippen LogP contribution < -0.4 is 10.1 Å². The first-order chi connectivity index (χ1) is 11.7. The van der Waals surface area contributed by atoms with Gasteiger partial charge >= 0.3 is 5.97 Å². The summed E-state index contributed by atoms with van der Waals surface area (Å²) in [4.78, 5) is 12.2. The van der Waals surface area contributed by atoms with E-state index in [1.807, 2.05) is 13.0 Å². The Morgan fingerprint density at radius 1 is 1.32 bits per heavy atom. The highest BCUT2D eigenvalue weighted by Gasteiger charge is 2.44. The molecule has 1 aromatic carbocycles. The smallest absolute Gasteiger partial charge is 0.312 e. The topological polar surface area (TPSA) is 47.6 Å². The molecule has 1 saturated carbocycles. The van der Waals surface area contributed by atoms with Gasteiger partial charge in [-0.15, -0.1) is 12.4 Å². The number of hydrogen-bond acceptors (Lipinski definition) is 4. The van der Waals surface area contributed by atoms with Gasteiger partial charge in [-0.1, -0.05) is 12.5 Å². The molecule has 0 aromatic heterocycles. The molecule has 1 aromatic rings. The number of rotatable bonds is 7. The molecule has 0 radical (unpaired) electrons. The lowest BCUT2D eigenvalue weighted by atomic mass is 9.66. The standard InChI is InChI=1S/C20H29NO3.ClH/c1-3-24-19(22)20(9-4-10-20)11-12-21-17-7-5-16-14-18(23-2)8-6-15(16)13-17;/h6,8,14,17,21H,3-5,7,9-13H2,1-2H3;1H. The van der Waals surface area contributed by atoms with E-state index in [4.69, 9.17) is 9.47 Å². The number of carbonyl (C=O) groups excluding carboxylic acids is 1. The number of hydrogen-bond donors (Lipinski definition) is 1. The Morgan fingerprint density at radius 3 is 2.76 bits per heavy atom. The molecule has 5 heteroatoms. The van der Waals surface area contributed by atoms with Crippen LogP contribution in [0.2, 0.25) is 0 Å². The van der Waals surface area contributed by atoms with Gasteiger partial charge in [0.05, 0.1) is 19.1 Å². The van der Waals surface area contributed by atoms with Gasteiger partial charge in [-0.25, -0.2) is 0 Å². The van der Waals surface area contributed by atoms with Crippen LogP contribution in [0.3, 0.4) is 0 Å². The van der Waals surface area contributed by atoms with Gasteiger partial charge in [0.15, 0.2) is 0 Å². The Kier molecular flexibility index (Phi) is 7.14. The van der Waals surface area contributed by atoms with E-state index < -0.39 is 0 Å². The van der Waals surface area contributed by atoms with Crippen LogP contribution in [0.4, 0.5) is 0 Å². The zero-order valence-corrected chi connectivity index (χ0v) is 16.1. The summed E-state index contributed by atoms with van der Waals surface area (Å²) in [5.41, 5.74) is 2.63. The number of carbonyl (C=O) groups is 1. The molecule has 1 atom stereocenters. The highest BCUT2D eigenvalue weighted by Crippen LogP contribution is 2.44. The predicted molar refractivity (Wildman–Crippen MR) is 102 cm³/mol. The third-order valence-electron chi connectivity index (χ3n) is 5.70. The van der Waals surface area contributed by atoms with E-state index in [2.05, 4.69) is 17.4 Å². The zero-order valence-electron chi connectivity index (χ0n) is 15.3. The average Bonchev–Trinajstić information content (AvgIpc) is 2.56. The van der Waals surface area contributed by atoms with E-state index in [1.54, 1.807) is 7.11 Å². The average molecular weight is 368 g/mol. The molecular formula is C20H30ClNO3. The van der Waals surface area contributed by atoms with Crippen molar-refractivity contribution < 1.29 is 14.3 Å². The van der Waals surface area contributed by atoms with E-state index in [0.717, 1.165) is 57.2 Å². The molecule has 0 spiro atoms. The molecule has 1 N–H and O–H groups in total. The second-order valence-corrected chi connectivity index (χ2v) is 7.13. The normalized spacial score (nSPS) is 20.6. The van der Waals surface area contributed by atoms with Crippen LogP contribution >= 0.6 is 12.4 Å². The largest absolute Gasteiger partial charge is 0.497 e. The Morgan fingerprint density at radius 2 is 2.12 bits per heavy atom. The highest BCUT2D eigenvalue weighted by molar-refractivity contribution is 5.85. The van der Waals surface area contributed by atoms with Crippen molar-refractivity contribution in [2.75, 3.05) is 20.3 Å². The van der Waals surface area contributed by atoms with Crippen molar-refractivity contribution in [3.8, 4) is 5.75 Å². The second kappa shape index (κ2) is 8.91. The number of halogens is 1. The molecule has 0 aliphatic heterocycles. The van der Waals surface area contributed by atoms with Crippen LogP contribution in [0.15, 0.2) is 18.2 Å². The summed E-state index contributed by atoms with van der Waals surface area (Å²) >= 11 is 0. The van der Waals surface area contributed by atoms with E-state index in [9.17, 15) is 4.79 Å². The summed E-state index contributed by atoms with van der Waals surface area (Å²) in [7, 11) is 1.72. The maximum Gasteiger partial charge on any atom is 0.312 e. The maximum atomic E-state index is 12.2. The Hall–Kier alpha value is -1.26. The highest BCUT2D eigenvalue weighted by atomic mass is 35.5. The predicted octanol–water partition coefficient (Wildman–Crippen LogP) is 3.69. The van der Waals surface area contributed by atoms with Crippen molar-refractivity contribution in [3.63, 3.8) is 0 Å². The maximum absolute atomic E-state index is 12.2. The van der Waals surface area contributed by atoms with Crippen molar-refractivity contribution in [1.29, 1.82) is 0 Å². The Bertz CT molecular complexity index is 586. The SMILES string of the molecule is CCOC(=O)C1(CCNC2CCc3cc(OC)ccc3C2)CCC1.Cl. The van der Waals surface area contributed by atoms with Crippen LogP contribution in [0.25, 0.3) is 0 Å². The number of nitrogens with one attached hydrogen (secondary N) is 1. The first-order valence-electron chi connectivity index (χ1n) is 9.23. The molecule has 4 nitrogen and oxygen atoms in total. The number of aryl methyl sites for hydroxylation is 1. The first kappa shape index (κ1) is 20.1. The molecule has 2 aliphatic rings. The minimum absolute atomic E-state index is 0. The lowest BCUT2D eigenvalue weighted by Gasteiger charge is -2.39. The number of methoxy groups -OCH3 is 1. The molecule has 2 aliphatic carbocycles. The zero-order chi connectivity index (χ0) is 17.0. The van der Waals surface area contributed by atoms with Crippen LogP contribution in [0, 0.1) is 5.41 Å². The van der Waals surface area contributed by atoms with Gasteiger partial charge in [-0.3, -0.25) is 4.79 Å². The van der Waals surface area contributed by atoms with E-state index in [0.29, 0.717) is 12.6 Å². The number of ether oxygens (including phenoxy) is 2. The van der Waals surface area contributed by atoms with Gasteiger partial charge in [0.1, 0.15) is 5.75 Å². The molecule has 1 unspecified atom stereocenters. The van der Waals surface area contributed by atoms with Crippen LogP contribution in [-0.4, -0.2) is 32.3 Å². The summed E-state index contributed by atoms with van der Waals surface area (Å²) in [6, 6.07) is 6.90. The minimum atomic E-state index is -0.205. The van der Waals surface area contributed by atoms with E-state index in [1.165, 1.54) is 11.1 Å². The van der Waals surface area contributed by atoms with E-state index >= 15 is 0 Å². The van der Waals surface area contributed by atoms with Crippen LogP contribution in [-0.2, 0) is 22.4 Å². The van der Waals surface area contributed by atoms with Gasteiger partial charge in [0, 0.05) is 6.04 Å². The molecule has 0 heterocycles.